The molecule has 0 amide bonds. The molecule has 0 fully saturated rings. The minimum atomic E-state index is -3.96. The van der Waals surface area contributed by atoms with Crippen LogP contribution in [0, 0.1) is 4.91 Å². The Morgan fingerprint density at radius 2 is 1.59 bits per heavy atom. The van der Waals surface area contributed by atoms with E-state index in [1.54, 1.807) is 35.5 Å². The van der Waals surface area contributed by atoms with Crippen LogP contribution in [0.4, 0.5) is 11.4 Å². The maximum absolute atomic E-state index is 12.8. The number of rotatable bonds is 6. The molecule has 27 heavy (non-hydrogen) atoms. The Bertz CT molecular complexity index is 1100. The molecule has 0 aliphatic carbocycles. The fourth-order valence-electron chi connectivity index (χ4n) is 2.44. The van der Waals surface area contributed by atoms with E-state index in [4.69, 9.17) is 11.6 Å². The van der Waals surface area contributed by atoms with E-state index < -0.39 is 10.0 Å². The number of nitroso groups, excluding NO2 is 1. The second-order valence-electron chi connectivity index (χ2n) is 5.62. The van der Waals surface area contributed by atoms with E-state index in [0.717, 1.165) is 0 Å². The molecular formula is C19H14ClN2O4S+. The van der Waals surface area contributed by atoms with Crippen LogP contribution in [-0.2, 0) is 10.0 Å². The van der Waals surface area contributed by atoms with Crippen molar-refractivity contribution in [2.45, 2.75) is 4.90 Å². The summed E-state index contributed by atoms with van der Waals surface area (Å²) >= 11 is 6.00. The van der Waals surface area contributed by atoms with E-state index >= 15 is 0 Å². The minimum absolute atomic E-state index is 0.0467. The highest BCUT2D eigenvalue weighted by molar-refractivity contribution is 7.92. The fraction of sp³-hybridized carbons (Fsp3) is 0. The van der Waals surface area contributed by atoms with Crippen molar-refractivity contribution < 1.29 is 18.4 Å². The number of carbonyl (C=O) groups is 1. The highest BCUT2D eigenvalue weighted by atomic mass is 35.5. The Balaban J connectivity index is 1.99. The van der Waals surface area contributed by atoms with Crippen molar-refractivity contribution in [1.82, 2.24) is 0 Å². The van der Waals surface area contributed by atoms with Crippen LogP contribution >= 0.6 is 11.6 Å². The first-order chi connectivity index (χ1) is 12.9. The molecular weight excluding hydrogens is 388 g/mol. The molecule has 0 atom stereocenters. The van der Waals surface area contributed by atoms with E-state index in [1.165, 1.54) is 42.5 Å². The summed E-state index contributed by atoms with van der Waals surface area (Å²) in [5, 5.41) is 1.99. The number of hydrogen-bond donors (Lipinski definition) is 2. The van der Waals surface area contributed by atoms with Gasteiger partial charge in [0.15, 0.2) is 5.78 Å². The van der Waals surface area contributed by atoms with Crippen molar-refractivity contribution in [3.63, 3.8) is 0 Å². The lowest BCUT2D eigenvalue weighted by atomic mass is 10.0. The van der Waals surface area contributed by atoms with Crippen LogP contribution in [0.25, 0.3) is 0 Å². The van der Waals surface area contributed by atoms with E-state index in [0.29, 0.717) is 10.6 Å². The number of sulfonamides is 1. The Morgan fingerprint density at radius 3 is 2.22 bits per heavy atom. The molecule has 0 aliphatic heterocycles. The first kappa shape index (κ1) is 18.8. The van der Waals surface area contributed by atoms with E-state index in [2.05, 4.69) is 4.72 Å². The highest BCUT2D eigenvalue weighted by Gasteiger charge is 2.20. The zero-order valence-corrected chi connectivity index (χ0v) is 15.4. The first-order valence-electron chi connectivity index (χ1n) is 7.81. The highest BCUT2D eigenvalue weighted by Crippen LogP contribution is 2.26. The quantitative estimate of drug-likeness (QED) is 0.621. The SMILES string of the molecule is O=[NH+]c1ccc(S(=O)(=O)Nc2ccc(Cl)cc2C(=O)c2ccccc2)cc1. The maximum atomic E-state index is 12.8. The van der Waals surface area contributed by atoms with Crippen molar-refractivity contribution in [3.05, 3.63) is 93.9 Å². The number of carbonyl (C=O) groups excluding carboxylic acids is 1. The summed E-state index contributed by atoms with van der Waals surface area (Å²) in [4.78, 5) is 23.3. The Labute approximate surface area is 160 Å². The summed E-state index contributed by atoms with van der Waals surface area (Å²) < 4.78 is 27.7. The van der Waals surface area contributed by atoms with Crippen LogP contribution < -0.4 is 9.90 Å². The molecule has 2 N–H and O–H groups in total. The standard InChI is InChI=1S/C19H13ClN2O4S/c20-14-6-11-18(17(12-14)19(23)13-4-2-1-3-5-13)22-27(25,26)16-9-7-15(21-24)8-10-16/h1-12,22H/p+1. The van der Waals surface area contributed by atoms with Crippen molar-refractivity contribution in [3.8, 4) is 0 Å². The second-order valence-corrected chi connectivity index (χ2v) is 7.74. The van der Waals surface area contributed by atoms with Gasteiger partial charge in [0, 0.05) is 38.4 Å². The van der Waals surface area contributed by atoms with Gasteiger partial charge in [-0.05, 0) is 30.3 Å². The van der Waals surface area contributed by atoms with Crippen LogP contribution in [0.15, 0.2) is 77.7 Å². The van der Waals surface area contributed by atoms with Crippen molar-refractivity contribution in [1.29, 1.82) is 0 Å². The van der Waals surface area contributed by atoms with Gasteiger partial charge in [0.25, 0.3) is 15.7 Å². The van der Waals surface area contributed by atoms with Crippen molar-refractivity contribution in [2.75, 3.05) is 4.72 Å². The molecule has 0 saturated carbocycles. The molecule has 6 nitrogen and oxygen atoms in total. The van der Waals surface area contributed by atoms with Gasteiger partial charge in [0.05, 0.1) is 10.6 Å². The molecule has 0 spiro atoms. The number of anilines is 1. The number of ketones is 1. The first-order valence-corrected chi connectivity index (χ1v) is 9.67. The van der Waals surface area contributed by atoms with Crippen LogP contribution in [0.3, 0.4) is 0 Å². The summed E-state index contributed by atoms with van der Waals surface area (Å²) in [5.74, 6) is -0.360. The molecule has 0 heterocycles. The number of halogens is 1. The Kier molecular flexibility index (Phi) is 5.34. The third-order valence-corrected chi connectivity index (χ3v) is 5.41. The fourth-order valence-corrected chi connectivity index (χ4v) is 3.70. The number of hydrogen-bond acceptors (Lipinski definition) is 4. The summed E-state index contributed by atoms with van der Waals surface area (Å²) in [6.45, 7) is 0. The third-order valence-electron chi connectivity index (χ3n) is 3.79. The molecule has 0 unspecified atom stereocenters. The number of benzene rings is 3. The molecule has 0 aliphatic rings. The topological polar surface area (TPSA) is 94.3 Å². The summed E-state index contributed by atoms with van der Waals surface area (Å²) in [6.07, 6.45) is 0. The van der Waals surface area contributed by atoms with Gasteiger partial charge < -0.3 is 0 Å². The summed E-state index contributed by atoms with van der Waals surface area (Å²) in [6, 6.07) is 18.1. The van der Waals surface area contributed by atoms with Gasteiger partial charge in [0.1, 0.15) is 0 Å². The van der Waals surface area contributed by atoms with Crippen LogP contribution in [-0.4, -0.2) is 14.2 Å². The van der Waals surface area contributed by atoms with Gasteiger partial charge in [-0.2, -0.15) is 0 Å². The van der Waals surface area contributed by atoms with Crippen LogP contribution in [0.2, 0.25) is 5.02 Å². The largest absolute Gasteiger partial charge is 0.289 e. The summed E-state index contributed by atoms with van der Waals surface area (Å²) in [7, 11) is -3.96. The molecule has 0 radical (unpaired) electrons. The van der Waals surface area contributed by atoms with E-state index in [-0.39, 0.29) is 27.6 Å². The molecule has 0 saturated heterocycles. The smallest absolute Gasteiger partial charge is 0.261 e. The average Bonchev–Trinajstić information content (AvgIpc) is 2.69. The number of nitrogens with one attached hydrogen (secondary N) is 2. The molecule has 136 valence electrons. The molecule has 3 aromatic carbocycles. The molecule has 3 aromatic rings. The molecule has 3 rings (SSSR count). The van der Waals surface area contributed by atoms with Gasteiger partial charge >= 0.3 is 0 Å². The zero-order valence-electron chi connectivity index (χ0n) is 13.8. The van der Waals surface area contributed by atoms with Gasteiger partial charge in [-0.1, -0.05) is 41.9 Å². The lowest BCUT2D eigenvalue weighted by Gasteiger charge is -2.12. The van der Waals surface area contributed by atoms with Gasteiger partial charge in [-0.3, -0.25) is 9.52 Å². The Hall–Kier alpha value is -3.03. The average molecular weight is 402 g/mol. The Morgan fingerprint density at radius 1 is 0.926 bits per heavy atom. The lowest BCUT2D eigenvalue weighted by Crippen LogP contribution is -2.55. The molecule has 0 bridgehead atoms. The zero-order chi connectivity index (χ0) is 19.4. The third kappa shape index (κ3) is 4.21. The van der Waals surface area contributed by atoms with Crippen LogP contribution in [0.1, 0.15) is 15.9 Å². The van der Waals surface area contributed by atoms with Crippen LogP contribution in [0.5, 0.6) is 0 Å². The maximum Gasteiger partial charge on any atom is 0.261 e. The lowest BCUT2D eigenvalue weighted by molar-refractivity contribution is -0.379. The second kappa shape index (κ2) is 7.69. The predicted molar refractivity (Wildman–Crippen MR) is 103 cm³/mol. The van der Waals surface area contributed by atoms with Gasteiger partial charge in [-0.15, -0.1) is 0 Å². The van der Waals surface area contributed by atoms with Crippen molar-refractivity contribution >= 4 is 38.8 Å². The minimum Gasteiger partial charge on any atom is -0.289 e. The predicted octanol–water partition coefficient (Wildman–Crippen LogP) is 2.85. The van der Waals surface area contributed by atoms with Crippen molar-refractivity contribution in [2.24, 2.45) is 0 Å². The van der Waals surface area contributed by atoms with E-state index in [9.17, 15) is 18.1 Å². The van der Waals surface area contributed by atoms with Gasteiger partial charge in [0.2, 0.25) is 0 Å². The molecule has 8 heteroatoms. The van der Waals surface area contributed by atoms with E-state index in [1.807, 2.05) is 0 Å². The van der Waals surface area contributed by atoms with Gasteiger partial charge in [-0.25, -0.2) is 8.42 Å². The normalized spacial score (nSPS) is 11.0. The molecule has 0 aromatic heterocycles. The monoisotopic (exact) mass is 401 g/mol. The summed E-state index contributed by atoms with van der Waals surface area (Å²) in [5.41, 5.74) is 0.890.